The monoisotopic (exact) mass is 339 g/mol. The summed E-state index contributed by atoms with van der Waals surface area (Å²) in [4.78, 5) is 23.3. The summed E-state index contributed by atoms with van der Waals surface area (Å²) in [6, 6.07) is 13.0. The van der Waals surface area contributed by atoms with Crippen molar-refractivity contribution in [2.75, 3.05) is 13.2 Å². The molecular weight excluding hydrogens is 318 g/mol. The van der Waals surface area contributed by atoms with E-state index in [2.05, 4.69) is 11.4 Å². The zero-order valence-electron chi connectivity index (χ0n) is 14.0. The Morgan fingerprint density at radius 2 is 1.96 bits per heavy atom. The molecule has 0 bridgehead atoms. The van der Waals surface area contributed by atoms with Gasteiger partial charge in [0.1, 0.15) is 0 Å². The van der Waals surface area contributed by atoms with Crippen molar-refractivity contribution in [3.8, 4) is 0 Å². The molecule has 1 aliphatic heterocycles. The first-order chi connectivity index (χ1) is 12.1. The summed E-state index contributed by atoms with van der Waals surface area (Å²) in [5, 5.41) is 12.0. The standard InChI is InChI=1S/C20H21NO4/c22-19(12-14-5-6-15-8-10-25-13-17(15)11-14)21-9-7-16-3-1-2-4-18(16)20(23)24/h1-6,11H,7-10,12-13H2,(H,21,22)(H,23,24). The average Bonchev–Trinajstić information content (AvgIpc) is 2.62. The van der Waals surface area contributed by atoms with Crippen LogP contribution in [0.15, 0.2) is 42.5 Å². The van der Waals surface area contributed by atoms with Gasteiger partial charge in [-0.05, 0) is 41.2 Å². The van der Waals surface area contributed by atoms with Crippen LogP contribution in [0, 0.1) is 0 Å². The predicted molar refractivity (Wildman–Crippen MR) is 93.6 cm³/mol. The van der Waals surface area contributed by atoms with Gasteiger partial charge in [0.05, 0.1) is 25.2 Å². The van der Waals surface area contributed by atoms with Crippen molar-refractivity contribution in [1.29, 1.82) is 0 Å². The van der Waals surface area contributed by atoms with Gasteiger partial charge in [-0.2, -0.15) is 0 Å². The van der Waals surface area contributed by atoms with E-state index in [0.29, 0.717) is 26.0 Å². The molecule has 0 unspecified atom stereocenters. The molecule has 2 N–H and O–H groups in total. The molecule has 5 heteroatoms. The number of ether oxygens (including phenoxy) is 1. The van der Waals surface area contributed by atoms with Crippen molar-refractivity contribution in [1.82, 2.24) is 5.32 Å². The first kappa shape index (κ1) is 17.2. The molecular formula is C20H21NO4. The number of benzene rings is 2. The lowest BCUT2D eigenvalue weighted by Crippen LogP contribution is -2.27. The Balaban J connectivity index is 1.53. The van der Waals surface area contributed by atoms with E-state index in [1.807, 2.05) is 12.1 Å². The van der Waals surface area contributed by atoms with Crippen LogP contribution in [0.1, 0.15) is 32.6 Å². The van der Waals surface area contributed by atoms with Gasteiger partial charge in [0, 0.05) is 6.54 Å². The molecule has 0 aromatic heterocycles. The molecule has 0 saturated heterocycles. The van der Waals surface area contributed by atoms with E-state index >= 15 is 0 Å². The summed E-state index contributed by atoms with van der Waals surface area (Å²) in [6.07, 6.45) is 1.73. The zero-order valence-corrected chi connectivity index (χ0v) is 14.0. The summed E-state index contributed by atoms with van der Waals surface area (Å²) in [7, 11) is 0. The molecule has 0 fully saturated rings. The number of nitrogens with one attached hydrogen (secondary N) is 1. The van der Waals surface area contributed by atoms with Gasteiger partial charge in [-0.25, -0.2) is 4.79 Å². The maximum Gasteiger partial charge on any atom is 0.335 e. The SMILES string of the molecule is O=C(Cc1ccc2c(c1)COCC2)NCCc1ccccc1C(=O)O. The van der Waals surface area contributed by atoms with Crippen LogP contribution >= 0.6 is 0 Å². The summed E-state index contributed by atoms with van der Waals surface area (Å²) in [5.74, 6) is -1.01. The second-order valence-electron chi connectivity index (χ2n) is 6.14. The lowest BCUT2D eigenvalue weighted by atomic mass is 9.99. The number of carboxylic acids is 1. The Kier molecular flexibility index (Phi) is 5.46. The highest BCUT2D eigenvalue weighted by Crippen LogP contribution is 2.18. The average molecular weight is 339 g/mol. The topological polar surface area (TPSA) is 75.6 Å². The number of hydrogen-bond acceptors (Lipinski definition) is 3. The van der Waals surface area contributed by atoms with Crippen LogP contribution in [0.4, 0.5) is 0 Å². The van der Waals surface area contributed by atoms with E-state index in [1.54, 1.807) is 24.3 Å². The lowest BCUT2D eigenvalue weighted by molar-refractivity contribution is -0.120. The van der Waals surface area contributed by atoms with Gasteiger partial charge in [0.25, 0.3) is 0 Å². The molecule has 1 heterocycles. The van der Waals surface area contributed by atoms with Gasteiger partial charge in [0.15, 0.2) is 0 Å². The number of aromatic carboxylic acids is 1. The number of carbonyl (C=O) groups excluding carboxylic acids is 1. The smallest absolute Gasteiger partial charge is 0.335 e. The molecule has 0 radical (unpaired) electrons. The van der Waals surface area contributed by atoms with E-state index in [4.69, 9.17) is 9.84 Å². The van der Waals surface area contributed by atoms with Crippen LogP contribution in [-0.4, -0.2) is 30.1 Å². The van der Waals surface area contributed by atoms with E-state index in [1.165, 1.54) is 5.56 Å². The number of carboxylic acid groups (broad SMARTS) is 1. The molecule has 25 heavy (non-hydrogen) atoms. The molecule has 130 valence electrons. The van der Waals surface area contributed by atoms with Crippen LogP contribution in [-0.2, 0) is 35.4 Å². The number of carbonyl (C=O) groups is 2. The van der Waals surface area contributed by atoms with Crippen molar-refractivity contribution >= 4 is 11.9 Å². The minimum atomic E-state index is -0.946. The number of rotatable bonds is 6. The van der Waals surface area contributed by atoms with E-state index in [-0.39, 0.29) is 11.5 Å². The van der Waals surface area contributed by atoms with E-state index < -0.39 is 5.97 Å². The summed E-state index contributed by atoms with van der Waals surface area (Å²) in [5.41, 5.74) is 4.42. The molecule has 0 atom stereocenters. The Hall–Kier alpha value is -2.66. The maximum atomic E-state index is 12.1. The molecule has 5 nitrogen and oxygen atoms in total. The highest BCUT2D eigenvalue weighted by molar-refractivity contribution is 5.89. The van der Waals surface area contributed by atoms with Crippen LogP contribution in [0.2, 0.25) is 0 Å². The molecule has 1 aliphatic rings. The third kappa shape index (κ3) is 4.45. The number of hydrogen-bond donors (Lipinski definition) is 2. The van der Waals surface area contributed by atoms with E-state index in [0.717, 1.165) is 29.7 Å². The van der Waals surface area contributed by atoms with Crippen molar-refractivity contribution in [3.63, 3.8) is 0 Å². The van der Waals surface area contributed by atoms with Gasteiger partial charge in [-0.15, -0.1) is 0 Å². The van der Waals surface area contributed by atoms with E-state index in [9.17, 15) is 9.59 Å². The highest BCUT2D eigenvalue weighted by Gasteiger charge is 2.12. The molecule has 2 aromatic rings. The predicted octanol–water partition coefficient (Wildman–Crippen LogP) is 2.36. The van der Waals surface area contributed by atoms with Gasteiger partial charge < -0.3 is 15.2 Å². The summed E-state index contributed by atoms with van der Waals surface area (Å²) >= 11 is 0. The van der Waals surface area contributed by atoms with Gasteiger partial charge >= 0.3 is 5.97 Å². The van der Waals surface area contributed by atoms with Gasteiger partial charge in [-0.1, -0.05) is 36.4 Å². The maximum absolute atomic E-state index is 12.1. The third-order valence-corrected chi connectivity index (χ3v) is 4.37. The third-order valence-electron chi connectivity index (χ3n) is 4.37. The van der Waals surface area contributed by atoms with Crippen LogP contribution in [0.3, 0.4) is 0 Å². The van der Waals surface area contributed by atoms with Crippen LogP contribution < -0.4 is 5.32 Å². The molecule has 0 spiro atoms. The van der Waals surface area contributed by atoms with Crippen LogP contribution in [0.25, 0.3) is 0 Å². The van der Waals surface area contributed by atoms with Crippen molar-refractivity contribution in [3.05, 3.63) is 70.3 Å². The molecule has 0 aliphatic carbocycles. The minimum Gasteiger partial charge on any atom is -0.478 e. The minimum absolute atomic E-state index is 0.0653. The second kappa shape index (κ2) is 7.94. The summed E-state index contributed by atoms with van der Waals surface area (Å²) in [6.45, 7) is 1.78. The van der Waals surface area contributed by atoms with Crippen molar-refractivity contribution < 1.29 is 19.4 Å². The molecule has 1 amide bonds. The first-order valence-electron chi connectivity index (χ1n) is 8.40. The fourth-order valence-corrected chi connectivity index (χ4v) is 3.06. The quantitative estimate of drug-likeness (QED) is 0.847. The highest BCUT2D eigenvalue weighted by atomic mass is 16.5. The van der Waals surface area contributed by atoms with Crippen LogP contribution in [0.5, 0.6) is 0 Å². The lowest BCUT2D eigenvalue weighted by Gasteiger charge is -2.17. The number of amides is 1. The van der Waals surface area contributed by atoms with Crippen molar-refractivity contribution in [2.24, 2.45) is 0 Å². The summed E-state index contributed by atoms with van der Waals surface area (Å²) < 4.78 is 5.45. The van der Waals surface area contributed by atoms with Crippen molar-refractivity contribution in [2.45, 2.75) is 25.9 Å². The first-order valence-corrected chi connectivity index (χ1v) is 8.40. The Morgan fingerprint density at radius 3 is 2.80 bits per heavy atom. The van der Waals surface area contributed by atoms with Gasteiger partial charge in [0.2, 0.25) is 5.91 Å². The largest absolute Gasteiger partial charge is 0.478 e. The number of fused-ring (bicyclic) bond motifs is 1. The second-order valence-corrected chi connectivity index (χ2v) is 6.14. The normalized spacial score (nSPS) is 13.1. The fourth-order valence-electron chi connectivity index (χ4n) is 3.06. The molecule has 2 aromatic carbocycles. The zero-order chi connectivity index (χ0) is 17.6. The Morgan fingerprint density at radius 1 is 1.12 bits per heavy atom. The fraction of sp³-hybridized carbons (Fsp3) is 0.300. The van der Waals surface area contributed by atoms with Gasteiger partial charge in [-0.3, -0.25) is 4.79 Å². The molecule has 0 saturated carbocycles. The Bertz CT molecular complexity index is 785. The Labute approximate surface area is 146 Å². The molecule has 3 rings (SSSR count).